The number of hydrogen-bond donors (Lipinski definition) is 1. The minimum absolute atomic E-state index is 0.0179. The number of morpholine rings is 1. The third-order valence-electron chi connectivity index (χ3n) is 5.31. The monoisotopic (exact) mass is 440 g/mol. The quantitative estimate of drug-likeness (QED) is 0.487. The fourth-order valence-corrected chi connectivity index (χ4v) is 3.85. The summed E-state index contributed by atoms with van der Waals surface area (Å²) in [7, 11) is 0. The van der Waals surface area contributed by atoms with Gasteiger partial charge in [-0.15, -0.1) is 0 Å². The molecular formula is C23H26F2N6O. The van der Waals surface area contributed by atoms with Crippen LogP contribution in [0.15, 0.2) is 64.6 Å². The van der Waals surface area contributed by atoms with Gasteiger partial charge >= 0.3 is 0 Å². The number of aliphatic imine (C=N–C) groups is 2. The molecular weight excluding hydrogens is 414 g/mol. The number of aromatic nitrogens is 2. The van der Waals surface area contributed by atoms with Gasteiger partial charge in [0, 0.05) is 19.6 Å². The summed E-state index contributed by atoms with van der Waals surface area (Å²) in [6, 6.07) is 17.2. The van der Waals surface area contributed by atoms with E-state index in [-0.39, 0.29) is 23.7 Å². The standard InChI is InChI=1S/C23H26F2N6O/c1-16(31-20-10-6-5-9-19(20)29-22(31)21(24)25)28-23(26)27-13-18-15-30(11-12-32-18)14-17-7-3-2-4-8-17/h2-10,18,21H,11-15H2,1H3,(H2,26,27). The van der Waals surface area contributed by atoms with Crippen LogP contribution < -0.4 is 5.73 Å². The van der Waals surface area contributed by atoms with Crippen molar-refractivity contribution in [3.05, 3.63) is 66.0 Å². The van der Waals surface area contributed by atoms with Crippen LogP contribution in [0, 0.1) is 0 Å². The minimum Gasteiger partial charge on any atom is -0.374 e. The zero-order valence-electron chi connectivity index (χ0n) is 17.9. The molecule has 7 nitrogen and oxygen atoms in total. The minimum atomic E-state index is -2.74. The van der Waals surface area contributed by atoms with Gasteiger partial charge < -0.3 is 10.5 Å². The third kappa shape index (κ3) is 5.17. The SMILES string of the molecule is CC(=NC(N)=NCC1CN(Cc2ccccc2)CCO1)n1c(C(F)F)nc2ccccc21. The van der Waals surface area contributed by atoms with Crippen LogP contribution in [-0.4, -0.2) is 58.6 Å². The van der Waals surface area contributed by atoms with Crippen LogP contribution in [0.3, 0.4) is 0 Å². The number of halogens is 2. The molecule has 0 radical (unpaired) electrons. The van der Waals surface area contributed by atoms with Crippen LogP contribution in [0.25, 0.3) is 11.0 Å². The van der Waals surface area contributed by atoms with Gasteiger partial charge in [-0.3, -0.25) is 9.47 Å². The van der Waals surface area contributed by atoms with E-state index in [0.717, 1.165) is 19.6 Å². The molecule has 9 heteroatoms. The van der Waals surface area contributed by atoms with E-state index in [4.69, 9.17) is 10.5 Å². The Morgan fingerprint density at radius 3 is 2.72 bits per heavy atom. The number of para-hydroxylation sites is 2. The lowest BCUT2D eigenvalue weighted by atomic mass is 10.2. The third-order valence-corrected chi connectivity index (χ3v) is 5.31. The van der Waals surface area contributed by atoms with Gasteiger partial charge in [0.1, 0.15) is 5.84 Å². The van der Waals surface area contributed by atoms with Gasteiger partial charge in [0.25, 0.3) is 6.43 Å². The van der Waals surface area contributed by atoms with Crippen molar-refractivity contribution in [2.24, 2.45) is 15.7 Å². The number of rotatable bonds is 5. The molecule has 0 spiro atoms. The lowest BCUT2D eigenvalue weighted by Gasteiger charge is -2.32. The van der Waals surface area contributed by atoms with E-state index in [0.29, 0.717) is 24.2 Å². The number of guanidine groups is 1. The first kappa shape index (κ1) is 22.0. The summed E-state index contributed by atoms with van der Waals surface area (Å²) in [5, 5.41) is 0. The van der Waals surface area contributed by atoms with E-state index in [1.807, 2.05) is 18.2 Å². The fraction of sp³-hybridized carbons (Fsp3) is 0.348. The molecule has 0 aliphatic carbocycles. The van der Waals surface area contributed by atoms with E-state index >= 15 is 0 Å². The first-order chi connectivity index (χ1) is 15.5. The smallest absolute Gasteiger partial charge is 0.296 e. The summed E-state index contributed by atoms with van der Waals surface area (Å²) >= 11 is 0. The van der Waals surface area contributed by atoms with E-state index in [1.54, 1.807) is 31.2 Å². The molecule has 1 unspecified atom stereocenters. The predicted molar refractivity (Wildman–Crippen MR) is 121 cm³/mol. The van der Waals surface area contributed by atoms with Crippen molar-refractivity contribution in [2.75, 3.05) is 26.2 Å². The zero-order chi connectivity index (χ0) is 22.5. The number of alkyl halides is 2. The number of nitrogens with zero attached hydrogens (tertiary/aromatic N) is 5. The Morgan fingerprint density at radius 1 is 1.19 bits per heavy atom. The van der Waals surface area contributed by atoms with Crippen LogP contribution in [-0.2, 0) is 11.3 Å². The van der Waals surface area contributed by atoms with Crippen LogP contribution in [0.2, 0.25) is 0 Å². The van der Waals surface area contributed by atoms with Crippen LogP contribution in [0.4, 0.5) is 8.78 Å². The predicted octanol–water partition coefficient (Wildman–Crippen LogP) is 3.46. The molecule has 3 aromatic rings. The van der Waals surface area contributed by atoms with Crippen molar-refractivity contribution >= 4 is 22.8 Å². The Labute approximate surface area is 185 Å². The van der Waals surface area contributed by atoms with Gasteiger partial charge in [0.2, 0.25) is 5.96 Å². The van der Waals surface area contributed by atoms with E-state index in [1.165, 1.54) is 10.1 Å². The van der Waals surface area contributed by atoms with Gasteiger partial charge in [0.05, 0.1) is 30.3 Å². The number of imidazole rings is 1. The summed E-state index contributed by atoms with van der Waals surface area (Å²) < 4.78 is 34.2. The van der Waals surface area contributed by atoms with Crippen molar-refractivity contribution in [3.8, 4) is 0 Å². The van der Waals surface area contributed by atoms with E-state index in [9.17, 15) is 8.78 Å². The molecule has 0 amide bonds. The lowest BCUT2D eigenvalue weighted by Crippen LogP contribution is -2.43. The normalized spacial score (nSPS) is 18.6. The molecule has 1 aliphatic heterocycles. The van der Waals surface area contributed by atoms with Crippen molar-refractivity contribution in [3.63, 3.8) is 0 Å². The maximum atomic E-state index is 13.5. The highest BCUT2D eigenvalue weighted by molar-refractivity contribution is 5.99. The largest absolute Gasteiger partial charge is 0.374 e. The molecule has 2 aromatic carbocycles. The maximum Gasteiger partial charge on any atom is 0.296 e. The summed E-state index contributed by atoms with van der Waals surface area (Å²) in [6.45, 7) is 5.01. The molecule has 0 bridgehead atoms. The molecule has 1 fully saturated rings. The second-order valence-corrected chi connectivity index (χ2v) is 7.67. The number of benzene rings is 2. The molecule has 2 N–H and O–H groups in total. The van der Waals surface area contributed by atoms with Crippen molar-refractivity contribution in [2.45, 2.75) is 26.0 Å². The highest BCUT2D eigenvalue weighted by atomic mass is 19.3. The Morgan fingerprint density at radius 2 is 1.94 bits per heavy atom. The van der Waals surface area contributed by atoms with Gasteiger partial charge in [-0.1, -0.05) is 42.5 Å². The lowest BCUT2D eigenvalue weighted by molar-refractivity contribution is -0.0258. The van der Waals surface area contributed by atoms with Crippen LogP contribution in [0.1, 0.15) is 24.7 Å². The summed E-state index contributed by atoms with van der Waals surface area (Å²) in [5.41, 5.74) is 8.27. The number of nitrogens with two attached hydrogens (primary N) is 1. The van der Waals surface area contributed by atoms with Gasteiger partial charge in [-0.2, -0.15) is 0 Å². The van der Waals surface area contributed by atoms with E-state index in [2.05, 4.69) is 32.0 Å². The summed E-state index contributed by atoms with van der Waals surface area (Å²) in [4.78, 5) is 14.9. The van der Waals surface area contributed by atoms with E-state index < -0.39 is 6.43 Å². The Hall–Kier alpha value is -3.17. The van der Waals surface area contributed by atoms with Gasteiger partial charge in [-0.25, -0.2) is 23.7 Å². The average Bonchev–Trinajstić information content (AvgIpc) is 3.19. The second kappa shape index (κ2) is 9.97. The Bertz CT molecular complexity index is 1110. The fourth-order valence-electron chi connectivity index (χ4n) is 3.85. The molecule has 0 saturated carbocycles. The Balaban J connectivity index is 1.44. The zero-order valence-corrected chi connectivity index (χ0v) is 17.9. The number of hydrogen-bond acceptors (Lipinski definition) is 4. The number of fused-ring (bicyclic) bond motifs is 1. The summed E-state index contributed by atoms with van der Waals surface area (Å²) in [6.07, 6.45) is -2.84. The Kier molecular flexibility index (Phi) is 6.87. The molecule has 4 rings (SSSR count). The second-order valence-electron chi connectivity index (χ2n) is 7.67. The maximum absolute atomic E-state index is 13.5. The molecule has 1 aromatic heterocycles. The van der Waals surface area contributed by atoms with Crippen LogP contribution in [0.5, 0.6) is 0 Å². The van der Waals surface area contributed by atoms with Crippen molar-refractivity contribution in [1.82, 2.24) is 14.5 Å². The molecule has 168 valence electrons. The van der Waals surface area contributed by atoms with Crippen LogP contribution >= 0.6 is 0 Å². The molecule has 1 saturated heterocycles. The topological polar surface area (TPSA) is 81.0 Å². The number of ether oxygens (including phenoxy) is 1. The highest BCUT2D eigenvalue weighted by Gasteiger charge is 2.22. The van der Waals surface area contributed by atoms with Gasteiger partial charge in [-0.05, 0) is 24.6 Å². The first-order valence-corrected chi connectivity index (χ1v) is 10.5. The molecule has 1 aliphatic rings. The molecule has 32 heavy (non-hydrogen) atoms. The highest BCUT2D eigenvalue weighted by Crippen LogP contribution is 2.24. The average molecular weight is 440 g/mol. The summed E-state index contributed by atoms with van der Waals surface area (Å²) in [5.74, 6) is -0.0674. The molecule has 1 atom stereocenters. The molecule has 2 heterocycles. The first-order valence-electron chi connectivity index (χ1n) is 10.5. The van der Waals surface area contributed by atoms with Gasteiger partial charge in [0.15, 0.2) is 5.82 Å². The van der Waals surface area contributed by atoms with Crippen molar-refractivity contribution in [1.29, 1.82) is 0 Å². The van der Waals surface area contributed by atoms with Crippen molar-refractivity contribution < 1.29 is 13.5 Å².